The number of rotatable bonds is 5. The van der Waals surface area contributed by atoms with Crippen LogP contribution in [-0.2, 0) is 20.3 Å². The van der Waals surface area contributed by atoms with Gasteiger partial charge in [-0.1, -0.05) is 13.8 Å². The minimum atomic E-state index is -1.37. The largest absolute Gasteiger partial charge is 0.480 e. The molecule has 5 heteroatoms. The minimum Gasteiger partial charge on any atom is -0.480 e. The van der Waals surface area contributed by atoms with Crippen molar-refractivity contribution in [2.75, 3.05) is 5.75 Å². The minimum absolute atomic E-state index is 0.0635. The molecule has 17 heavy (non-hydrogen) atoms. The van der Waals surface area contributed by atoms with Gasteiger partial charge in [-0.2, -0.15) is 0 Å². The third-order valence-corrected chi connectivity index (χ3v) is 5.05. The van der Waals surface area contributed by atoms with Crippen LogP contribution < -0.4 is 0 Å². The molecule has 0 radical (unpaired) electrons. The molecule has 100 valence electrons. The number of ether oxygens (including phenoxy) is 1. The SMILES string of the molecule is CC(C)C(C(=O)O)S(=O)CC1CCC(C)(C)O1. The molecule has 1 heterocycles. The van der Waals surface area contributed by atoms with E-state index >= 15 is 0 Å². The van der Waals surface area contributed by atoms with Crippen LogP contribution in [0.4, 0.5) is 0 Å². The van der Waals surface area contributed by atoms with Crippen LogP contribution in [0.1, 0.15) is 40.5 Å². The third kappa shape index (κ3) is 4.07. The molecule has 0 bridgehead atoms. The Balaban J connectivity index is 2.57. The predicted molar refractivity (Wildman–Crippen MR) is 67.5 cm³/mol. The molecular weight excluding hydrogens is 240 g/mol. The van der Waals surface area contributed by atoms with Crippen molar-refractivity contribution >= 4 is 16.8 Å². The van der Waals surface area contributed by atoms with E-state index in [0.29, 0.717) is 5.75 Å². The molecule has 1 fully saturated rings. The summed E-state index contributed by atoms with van der Waals surface area (Å²) >= 11 is 0. The molecule has 1 saturated heterocycles. The normalized spacial score (nSPS) is 27.0. The first-order valence-electron chi connectivity index (χ1n) is 6.01. The van der Waals surface area contributed by atoms with Gasteiger partial charge in [0.25, 0.3) is 0 Å². The lowest BCUT2D eigenvalue weighted by atomic mass is 10.1. The number of carboxylic acids is 1. The highest BCUT2D eigenvalue weighted by Crippen LogP contribution is 2.30. The molecule has 0 aromatic rings. The summed E-state index contributed by atoms with van der Waals surface area (Å²) in [6.07, 6.45) is 1.74. The van der Waals surface area contributed by atoms with Gasteiger partial charge in [0.1, 0.15) is 5.25 Å². The predicted octanol–water partition coefficient (Wildman–Crippen LogP) is 1.80. The van der Waals surface area contributed by atoms with Crippen molar-refractivity contribution in [3.05, 3.63) is 0 Å². The molecular formula is C12H22O4S. The maximum atomic E-state index is 12.0. The van der Waals surface area contributed by atoms with Gasteiger partial charge < -0.3 is 9.84 Å². The summed E-state index contributed by atoms with van der Waals surface area (Å²) in [6, 6.07) is 0. The third-order valence-electron chi connectivity index (χ3n) is 3.04. The van der Waals surface area contributed by atoms with Gasteiger partial charge in [0.05, 0.1) is 17.5 Å². The zero-order valence-corrected chi connectivity index (χ0v) is 11.8. The van der Waals surface area contributed by atoms with Crippen molar-refractivity contribution in [1.29, 1.82) is 0 Å². The van der Waals surface area contributed by atoms with Crippen LogP contribution in [0.25, 0.3) is 0 Å². The van der Waals surface area contributed by atoms with Crippen LogP contribution in [0.15, 0.2) is 0 Å². The summed E-state index contributed by atoms with van der Waals surface area (Å²) in [4.78, 5) is 11.0. The highest BCUT2D eigenvalue weighted by Gasteiger charge is 2.36. The van der Waals surface area contributed by atoms with Gasteiger partial charge in [-0.15, -0.1) is 0 Å². The fourth-order valence-corrected chi connectivity index (χ4v) is 3.82. The van der Waals surface area contributed by atoms with E-state index in [4.69, 9.17) is 9.84 Å². The zero-order valence-electron chi connectivity index (χ0n) is 10.9. The molecule has 3 unspecified atom stereocenters. The second-order valence-electron chi connectivity index (χ2n) is 5.59. The summed E-state index contributed by atoms with van der Waals surface area (Å²) in [5, 5.41) is 8.27. The lowest BCUT2D eigenvalue weighted by Gasteiger charge is -2.21. The maximum absolute atomic E-state index is 12.0. The average Bonchev–Trinajstić information content (AvgIpc) is 2.43. The van der Waals surface area contributed by atoms with E-state index in [2.05, 4.69) is 0 Å². The van der Waals surface area contributed by atoms with Crippen molar-refractivity contribution in [3.63, 3.8) is 0 Å². The molecule has 4 nitrogen and oxygen atoms in total. The first-order chi connectivity index (χ1) is 7.73. The van der Waals surface area contributed by atoms with Crippen LogP contribution in [0.2, 0.25) is 0 Å². The van der Waals surface area contributed by atoms with Gasteiger partial charge in [-0.25, -0.2) is 0 Å². The number of carboxylic acid groups (broad SMARTS) is 1. The van der Waals surface area contributed by atoms with E-state index in [9.17, 15) is 9.00 Å². The van der Waals surface area contributed by atoms with E-state index in [1.165, 1.54) is 0 Å². The number of carbonyl (C=O) groups is 1. The lowest BCUT2D eigenvalue weighted by molar-refractivity contribution is -0.137. The first-order valence-corrected chi connectivity index (χ1v) is 7.39. The number of aliphatic carboxylic acids is 1. The van der Waals surface area contributed by atoms with Crippen LogP contribution in [0, 0.1) is 5.92 Å². The van der Waals surface area contributed by atoms with Gasteiger partial charge >= 0.3 is 5.97 Å². The monoisotopic (exact) mass is 262 g/mol. The molecule has 0 amide bonds. The molecule has 1 N–H and O–H groups in total. The lowest BCUT2D eigenvalue weighted by Crippen LogP contribution is -2.35. The van der Waals surface area contributed by atoms with Gasteiger partial charge in [0.2, 0.25) is 0 Å². The zero-order chi connectivity index (χ0) is 13.2. The Labute approximate surface area is 105 Å². The molecule has 0 saturated carbocycles. The topological polar surface area (TPSA) is 63.6 Å². The Morgan fingerprint density at radius 2 is 2.12 bits per heavy atom. The van der Waals surface area contributed by atoms with Crippen LogP contribution in [0.5, 0.6) is 0 Å². The summed E-state index contributed by atoms with van der Waals surface area (Å²) in [7, 11) is -1.37. The van der Waals surface area contributed by atoms with Crippen molar-refractivity contribution in [1.82, 2.24) is 0 Å². The Morgan fingerprint density at radius 3 is 2.47 bits per heavy atom. The van der Waals surface area contributed by atoms with Crippen LogP contribution in [-0.4, -0.2) is 38.0 Å². The highest BCUT2D eigenvalue weighted by molar-refractivity contribution is 7.86. The van der Waals surface area contributed by atoms with Crippen molar-refractivity contribution in [2.45, 2.75) is 57.5 Å². The average molecular weight is 262 g/mol. The Hall–Kier alpha value is -0.420. The second-order valence-corrected chi connectivity index (χ2v) is 7.19. The van der Waals surface area contributed by atoms with Crippen LogP contribution in [0.3, 0.4) is 0 Å². The Morgan fingerprint density at radius 1 is 1.53 bits per heavy atom. The molecule has 1 aliphatic heterocycles. The van der Waals surface area contributed by atoms with Gasteiger partial charge in [0, 0.05) is 10.8 Å². The van der Waals surface area contributed by atoms with E-state index in [-0.39, 0.29) is 17.6 Å². The molecule has 0 aromatic heterocycles. The van der Waals surface area contributed by atoms with E-state index in [1.54, 1.807) is 13.8 Å². The quantitative estimate of drug-likeness (QED) is 0.820. The van der Waals surface area contributed by atoms with Gasteiger partial charge in [0.15, 0.2) is 0 Å². The van der Waals surface area contributed by atoms with Crippen molar-refractivity contribution < 1.29 is 18.8 Å². The summed E-state index contributed by atoms with van der Waals surface area (Å²) < 4.78 is 17.8. The van der Waals surface area contributed by atoms with E-state index in [0.717, 1.165) is 12.8 Å². The number of hydrogen-bond donors (Lipinski definition) is 1. The fourth-order valence-electron chi connectivity index (χ4n) is 2.18. The molecule has 0 aromatic carbocycles. The molecule has 1 aliphatic rings. The number of hydrogen-bond acceptors (Lipinski definition) is 3. The molecule has 3 atom stereocenters. The Bertz CT molecular complexity index is 312. The first kappa shape index (κ1) is 14.6. The second kappa shape index (κ2) is 5.48. The van der Waals surface area contributed by atoms with E-state index < -0.39 is 22.0 Å². The fraction of sp³-hybridized carbons (Fsp3) is 0.917. The van der Waals surface area contributed by atoms with Gasteiger partial charge in [-0.3, -0.25) is 9.00 Å². The summed E-state index contributed by atoms with van der Waals surface area (Å²) in [6.45, 7) is 7.59. The summed E-state index contributed by atoms with van der Waals surface area (Å²) in [5.41, 5.74) is -0.161. The maximum Gasteiger partial charge on any atom is 0.319 e. The van der Waals surface area contributed by atoms with Gasteiger partial charge in [-0.05, 0) is 32.6 Å². The highest BCUT2D eigenvalue weighted by atomic mass is 32.2. The van der Waals surface area contributed by atoms with Crippen molar-refractivity contribution in [3.8, 4) is 0 Å². The summed E-state index contributed by atoms with van der Waals surface area (Å²) in [5.74, 6) is -0.767. The smallest absolute Gasteiger partial charge is 0.319 e. The Kier molecular flexibility index (Phi) is 4.72. The van der Waals surface area contributed by atoms with Crippen molar-refractivity contribution in [2.24, 2.45) is 5.92 Å². The molecule has 0 aliphatic carbocycles. The standard InChI is InChI=1S/C12H22O4S/c1-8(2)10(11(13)14)17(15)7-9-5-6-12(3,4)16-9/h8-10H,5-7H2,1-4H3,(H,13,14). The van der Waals surface area contributed by atoms with E-state index in [1.807, 2.05) is 13.8 Å². The van der Waals surface area contributed by atoms with Crippen LogP contribution >= 0.6 is 0 Å². The molecule has 1 rings (SSSR count). The molecule has 0 spiro atoms.